The summed E-state index contributed by atoms with van der Waals surface area (Å²) in [6, 6.07) is 10.2. The molecule has 2 heterocycles. The van der Waals surface area contributed by atoms with Crippen molar-refractivity contribution in [1.82, 2.24) is 10.3 Å². The normalized spacial score (nSPS) is 19.1. The highest BCUT2D eigenvalue weighted by atomic mass is 16.5. The minimum Gasteiger partial charge on any atom is -0.392 e. The summed E-state index contributed by atoms with van der Waals surface area (Å²) in [4.78, 5) is 17.4. The van der Waals surface area contributed by atoms with E-state index in [1.54, 1.807) is 6.20 Å². The lowest BCUT2D eigenvalue weighted by Crippen LogP contribution is -2.59. The van der Waals surface area contributed by atoms with Crippen LogP contribution in [-0.2, 0) is 21.6 Å². The zero-order valence-electron chi connectivity index (χ0n) is 16.4. The van der Waals surface area contributed by atoms with Crippen LogP contribution in [0.5, 0.6) is 0 Å². The molecule has 1 aliphatic heterocycles. The first-order chi connectivity index (χ1) is 13.6. The van der Waals surface area contributed by atoms with Crippen molar-refractivity contribution in [2.45, 2.75) is 57.1 Å². The fraction of sp³-hybridized carbons (Fsp3) is 0.478. The average molecular weight is 380 g/mol. The van der Waals surface area contributed by atoms with Crippen LogP contribution in [0.15, 0.2) is 36.5 Å². The third-order valence-electron chi connectivity index (χ3n) is 6.12. The van der Waals surface area contributed by atoms with Gasteiger partial charge in [-0.05, 0) is 42.5 Å². The first-order valence-electron chi connectivity index (χ1n) is 10.2. The molecular formula is C23H28N2O3. The lowest BCUT2D eigenvalue weighted by Gasteiger charge is -2.41. The van der Waals surface area contributed by atoms with Gasteiger partial charge in [-0.3, -0.25) is 9.78 Å². The Morgan fingerprint density at radius 3 is 2.54 bits per heavy atom. The lowest BCUT2D eigenvalue weighted by molar-refractivity contribution is -0.146. The lowest BCUT2D eigenvalue weighted by atomic mass is 9.76. The summed E-state index contributed by atoms with van der Waals surface area (Å²) in [6.45, 7) is 2.75. The number of nitrogens with zero attached hydrogens (tertiary/aromatic N) is 1. The fourth-order valence-electron chi connectivity index (χ4n) is 4.28. The Balaban J connectivity index is 1.56. The smallest absolute Gasteiger partial charge is 0.235 e. The van der Waals surface area contributed by atoms with Gasteiger partial charge >= 0.3 is 0 Å². The van der Waals surface area contributed by atoms with Gasteiger partial charge in [0.1, 0.15) is 5.41 Å². The third kappa shape index (κ3) is 3.56. The van der Waals surface area contributed by atoms with Gasteiger partial charge in [0.25, 0.3) is 0 Å². The van der Waals surface area contributed by atoms with Crippen molar-refractivity contribution in [2.24, 2.45) is 0 Å². The molecule has 1 aliphatic carbocycles. The predicted molar refractivity (Wildman–Crippen MR) is 108 cm³/mol. The number of pyridine rings is 1. The van der Waals surface area contributed by atoms with E-state index in [9.17, 15) is 9.90 Å². The zero-order valence-corrected chi connectivity index (χ0v) is 16.4. The van der Waals surface area contributed by atoms with E-state index in [2.05, 4.69) is 10.3 Å². The number of rotatable bonds is 5. The first kappa shape index (κ1) is 19.1. The minimum atomic E-state index is -0.582. The summed E-state index contributed by atoms with van der Waals surface area (Å²) in [7, 11) is 0. The van der Waals surface area contributed by atoms with Gasteiger partial charge in [-0.15, -0.1) is 0 Å². The third-order valence-corrected chi connectivity index (χ3v) is 6.12. The van der Waals surface area contributed by atoms with Crippen LogP contribution in [0.1, 0.15) is 48.9 Å². The summed E-state index contributed by atoms with van der Waals surface area (Å²) in [6.07, 6.45) is 7.61. The second kappa shape index (κ2) is 8.02. The first-order valence-corrected chi connectivity index (χ1v) is 10.2. The number of aryl methyl sites for hydroxylation is 1. The number of benzene rings is 1. The number of hydrogen-bond acceptors (Lipinski definition) is 4. The number of aliphatic hydroxyl groups excluding tert-OH is 1. The van der Waals surface area contributed by atoms with Gasteiger partial charge in [0.15, 0.2) is 0 Å². The standard InChI is InChI=1S/C23H28N2O3/c1-16-11-18(13-26)21(12-24-16)17-7-9-19(10-8-17)23(14-28-15-23)22(27)25-20-5-3-2-4-6-20/h7-12,20,26H,2-6,13-15H2,1H3,(H,25,27). The van der Waals surface area contributed by atoms with Crippen molar-refractivity contribution in [1.29, 1.82) is 0 Å². The van der Waals surface area contributed by atoms with Crippen LogP contribution in [0.25, 0.3) is 11.1 Å². The summed E-state index contributed by atoms with van der Waals surface area (Å²) < 4.78 is 5.46. The molecule has 1 aromatic carbocycles. The molecule has 1 aromatic heterocycles. The molecule has 0 spiro atoms. The maximum absolute atomic E-state index is 13.1. The molecule has 1 saturated carbocycles. The molecule has 5 nitrogen and oxygen atoms in total. The fourth-order valence-corrected chi connectivity index (χ4v) is 4.28. The number of amides is 1. The molecule has 0 bridgehead atoms. The van der Waals surface area contributed by atoms with Gasteiger partial charge < -0.3 is 15.2 Å². The number of carbonyl (C=O) groups is 1. The molecule has 4 rings (SSSR count). The van der Waals surface area contributed by atoms with Gasteiger partial charge in [-0.1, -0.05) is 43.5 Å². The summed E-state index contributed by atoms with van der Waals surface area (Å²) in [5.41, 5.74) is 4.06. The van der Waals surface area contributed by atoms with Crippen molar-refractivity contribution in [3.8, 4) is 11.1 Å². The van der Waals surface area contributed by atoms with Crippen LogP contribution in [-0.4, -0.2) is 35.3 Å². The summed E-state index contributed by atoms with van der Waals surface area (Å²) in [5.74, 6) is 0.0893. The quantitative estimate of drug-likeness (QED) is 0.835. The van der Waals surface area contributed by atoms with Crippen molar-refractivity contribution in [3.05, 3.63) is 53.3 Å². The molecule has 2 fully saturated rings. The molecule has 0 unspecified atom stereocenters. The molecule has 148 valence electrons. The van der Waals surface area contributed by atoms with E-state index in [1.807, 2.05) is 37.3 Å². The Kier molecular flexibility index (Phi) is 5.47. The molecule has 0 atom stereocenters. The average Bonchev–Trinajstić information content (AvgIpc) is 2.68. The van der Waals surface area contributed by atoms with Crippen LogP contribution < -0.4 is 5.32 Å². The maximum atomic E-state index is 13.1. The SMILES string of the molecule is Cc1cc(CO)c(-c2ccc(C3(C(=O)NC4CCCCC4)COC3)cc2)cn1. The number of ether oxygens (including phenoxy) is 1. The number of carbonyl (C=O) groups excluding carboxylic acids is 1. The Morgan fingerprint density at radius 2 is 1.93 bits per heavy atom. The van der Waals surface area contributed by atoms with Crippen LogP contribution in [0.2, 0.25) is 0 Å². The number of aliphatic hydroxyl groups is 1. The molecule has 2 N–H and O–H groups in total. The molecule has 5 heteroatoms. The predicted octanol–water partition coefficient (Wildman–Crippen LogP) is 3.27. The second-order valence-electron chi connectivity index (χ2n) is 8.10. The molecule has 2 aromatic rings. The van der Waals surface area contributed by atoms with Crippen molar-refractivity contribution in [3.63, 3.8) is 0 Å². The van der Waals surface area contributed by atoms with Crippen molar-refractivity contribution < 1.29 is 14.6 Å². The van der Waals surface area contributed by atoms with E-state index < -0.39 is 5.41 Å². The maximum Gasteiger partial charge on any atom is 0.235 e. The van der Waals surface area contributed by atoms with E-state index in [4.69, 9.17) is 4.74 Å². The second-order valence-corrected chi connectivity index (χ2v) is 8.10. The molecular weight excluding hydrogens is 352 g/mol. The molecule has 1 amide bonds. The van der Waals surface area contributed by atoms with Gasteiger partial charge in [-0.25, -0.2) is 0 Å². The van der Waals surface area contributed by atoms with Gasteiger partial charge in [-0.2, -0.15) is 0 Å². The van der Waals surface area contributed by atoms with Gasteiger partial charge in [0, 0.05) is 23.5 Å². The van der Waals surface area contributed by atoms with Crippen LogP contribution in [0, 0.1) is 6.92 Å². The summed E-state index contributed by atoms with van der Waals surface area (Å²) in [5, 5.41) is 12.9. The Bertz CT molecular complexity index is 837. The topological polar surface area (TPSA) is 71.5 Å². The number of hydrogen-bond donors (Lipinski definition) is 2. The van der Waals surface area contributed by atoms with Crippen LogP contribution >= 0.6 is 0 Å². The van der Waals surface area contributed by atoms with E-state index in [0.717, 1.165) is 40.8 Å². The van der Waals surface area contributed by atoms with Gasteiger partial charge in [0.2, 0.25) is 5.91 Å². The highest BCUT2D eigenvalue weighted by molar-refractivity contribution is 5.90. The molecule has 28 heavy (non-hydrogen) atoms. The molecule has 2 aliphatic rings. The monoisotopic (exact) mass is 380 g/mol. The van der Waals surface area contributed by atoms with E-state index in [0.29, 0.717) is 19.3 Å². The van der Waals surface area contributed by atoms with Crippen LogP contribution in [0.4, 0.5) is 0 Å². The summed E-state index contributed by atoms with van der Waals surface area (Å²) >= 11 is 0. The Morgan fingerprint density at radius 1 is 1.21 bits per heavy atom. The Hall–Kier alpha value is -2.24. The van der Waals surface area contributed by atoms with E-state index >= 15 is 0 Å². The highest BCUT2D eigenvalue weighted by Gasteiger charge is 2.48. The number of aromatic nitrogens is 1. The van der Waals surface area contributed by atoms with E-state index in [-0.39, 0.29) is 12.5 Å². The van der Waals surface area contributed by atoms with Crippen molar-refractivity contribution in [2.75, 3.05) is 13.2 Å². The molecule has 1 saturated heterocycles. The minimum absolute atomic E-state index is 0.0258. The zero-order chi connectivity index (χ0) is 19.6. The largest absolute Gasteiger partial charge is 0.392 e. The number of nitrogens with one attached hydrogen (secondary N) is 1. The van der Waals surface area contributed by atoms with Crippen LogP contribution in [0.3, 0.4) is 0 Å². The van der Waals surface area contributed by atoms with Gasteiger partial charge in [0.05, 0.1) is 19.8 Å². The van der Waals surface area contributed by atoms with E-state index in [1.165, 1.54) is 19.3 Å². The highest BCUT2D eigenvalue weighted by Crippen LogP contribution is 2.35. The van der Waals surface area contributed by atoms with Crippen molar-refractivity contribution >= 4 is 5.91 Å². The molecule has 0 radical (unpaired) electrons. The Labute approximate surface area is 166 Å².